The first-order chi connectivity index (χ1) is 16.2. The van der Waals surface area contributed by atoms with Crippen molar-refractivity contribution in [2.75, 3.05) is 6.61 Å². The molecule has 0 saturated carbocycles. The van der Waals surface area contributed by atoms with Crippen molar-refractivity contribution in [1.29, 1.82) is 0 Å². The van der Waals surface area contributed by atoms with Gasteiger partial charge >= 0.3 is 0 Å². The SMILES string of the molecule is CC1(C)O[C@H]2[C@H](n3cnc4c(Cl)ncnc43)O[C@@H]3COC(c4ccccc4)O[C@H]3[C@](C)(O)[C@H]2O1. The van der Waals surface area contributed by atoms with Gasteiger partial charge in [0.25, 0.3) is 0 Å². The van der Waals surface area contributed by atoms with Crippen molar-refractivity contribution in [3.05, 3.63) is 53.7 Å². The first kappa shape index (κ1) is 22.3. The Morgan fingerprint density at radius 3 is 2.62 bits per heavy atom. The van der Waals surface area contributed by atoms with E-state index in [1.165, 1.54) is 6.33 Å². The predicted molar refractivity (Wildman–Crippen MR) is 119 cm³/mol. The molecule has 1 N–H and O–H groups in total. The highest BCUT2D eigenvalue weighted by Gasteiger charge is 2.62. The lowest BCUT2D eigenvalue weighted by Crippen LogP contribution is -2.59. The molecule has 5 heterocycles. The van der Waals surface area contributed by atoms with Crippen LogP contribution in [0.15, 0.2) is 43.0 Å². The second kappa shape index (κ2) is 7.92. The number of aromatic nitrogens is 4. The lowest BCUT2D eigenvalue weighted by Gasteiger charge is -2.43. The second-order valence-electron chi connectivity index (χ2n) is 9.43. The van der Waals surface area contributed by atoms with E-state index in [-0.39, 0.29) is 11.8 Å². The van der Waals surface area contributed by atoms with E-state index in [1.54, 1.807) is 31.7 Å². The van der Waals surface area contributed by atoms with E-state index in [2.05, 4.69) is 15.0 Å². The molecule has 0 spiro atoms. The van der Waals surface area contributed by atoms with Gasteiger partial charge in [-0.15, -0.1) is 0 Å². The van der Waals surface area contributed by atoms with Gasteiger partial charge in [0.2, 0.25) is 0 Å². The first-order valence-electron chi connectivity index (χ1n) is 11.1. The average molecular weight is 489 g/mol. The monoisotopic (exact) mass is 488 g/mol. The number of aliphatic hydroxyl groups is 1. The average Bonchev–Trinajstić information content (AvgIpc) is 3.38. The Balaban J connectivity index is 1.42. The summed E-state index contributed by atoms with van der Waals surface area (Å²) in [6.45, 7) is 5.49. The zero-order valence-electron chi connectivity index (χ0n) is 18.9. The zero-order chi connectivity index (χ0) is 23.7. The molecular weight excluding hydrogens is 464 g/mol. The summed E-state index contributed by atoms with van der Waals surface area (Å²) >= 11 is 6.22. The van der Waals surface area contributed by atoms with Crippen LogP contribution in [0.5, 0.6) is 0 Å². The number of benzene rings is 1. The van der Waals surface area contributed by atoms with E-state index in [0.29, 0.717) is 11.2 Å². The molecule has 10 nitrogen and oxygen atoms in total. The van der Waals surface area contributed by atoms with Crippen molar-refractivity contribution in [3.8, 4) is 0 Å². The molecule has 7 atom stereocenters. The molecule has 34 heavy (non-hydrogen) atoms. The maximum atomic E-state index is 11.9. The van der Waals surface area contributed by atoms with Crippen LogP contribution in [0.4, 0.5) is 0 Å². The third kappa shape index (κ3) is 3.53. The van der Waals surface area contributed by atoms with Gasteiger partial charge in [0, 0.05) is 5.56 Å². The van der Waals surface area contributed by atoms with Crippen LogP contribution in [0.25, 0.3) is 11.2 Å². The lowest BCUT2D eigenvalue weighted by atomic mass is 9.86. The number of hydrogen-bond acceptors (Lipinski definition) is 9. The van der Waals surface area contributed by atoms with Crippen LogP contribution in [0.1, 0.15) is 38.9 Å². The van der Waals surface area contributed by atoms with E-state index in [1.807, 2.05) is 30.3 Å². The molecule has 3 fully saturated rings. The third-order valence-electron chi connectivity index (χ3n) is 6.56. The van der Waals surface area contributed by atoms with Gasteiger partial charge in [-0.25, -0.2) is 15.0 Å². The quantitative estimate of drug-likeness (QED) is 0.544. The van der Waals surface area contributed by atoms with Gasteiger partial charge < -0.3 is 28.8 Å². The molecule has 1 aromatic carbocycles. The summed E-state index contributed by atoms with van der Waals surface area (Å²) in [7, 11) is 0. The summed E-state index contributed by atoms with van der Waals surface area (Å²) in [6.07, 6.45) is -1.29. The molecule has 1 unspecified atom stereocenters. The van der Waals surface area contributed by atoms with Crippen molar-refractivity contribution in [1.82, 2.24) is 19.5 Å². The highest BCUT2D eigenvalue weighted by atomic mass is 35.5. The number of nitrogens with zero attached hydrogens (tertiary/aromatic N) is 4. The maximum absolute atomic E-state index is 11.9. The maximum Gasteiger partial charge on any atom is 0.184 e. The summed E-state index contributed by atoms with van der Waals surface area (Å²) in [5, 5.41) is 12.1. The van der Waals surface area contributed by atoms with E-state index in [4.69, 9.17) is 35.3 Å². The molecular formula is C23H25ClN4O6. The topological polar surface area (TPSA) is 110 Å². The molecule has 0 amide bonds. The Hall–Kier alpha value is -2.18. The molecule has 0 aliphatic carbocycles. The Bertz CT molecular complexity index is 1200. The van der Waals surface area contributed by atoms with Gasteiger partial charge in [-0.1, -0.05) is 41.9 Å². The molecule has 0 bridgehead atoms. The zero-order valence-corrected chi connectivity index (χ0v) is 19.6. The Kier molecular flexibility index (Phi) is 5.19. The molecule has 3 aliphatic heterocycles. The minimum atomic E-state index is -1.46. The van der Waals surface area contributed by atoms with Gasteiger partial charge in [-0.2, -0.15) is 0 Å². The molecule has 0 radical (unpaired) electrons. The van der Waals surface area contributed by atoms with Crippen LogP contribution < -0.4 is 0 Å². The summed E-state index contributed by atoms with van der Waals surface area (Å²) < 4.78 is 33.1. The minimum Gasteiger partial charge on any atom is -0.385 e. The highest BCUT2D eigenvalue weighted by Crippen LogP contribution is 2.47. The van der Waals surface area contributed by atoms with Crippen LogP contribution in [-0.2, 0) is 23.7 Å². The van der Waals surface area contributed by atoms with Crippen molar-refractivity contribution >= 4 is 22.8 Å². The van der Waals surface area contributed by atoms with Crippen molar-refractivity contribution < 1.29 is 28.8 Å². The van der Waals surface area contributed by atoms with E-state index < -0.39 is 48.3 Å². The molecule has 11 heteroatoms. The van der Waals surface area contributed by atoms with Crippen molar-refractivity contribution in [2.24, 2.45) is 0 Å². The van der Waals surface area contributed by atoms with E-state index in [0.717, 1.165) is 5.56 Å². The Labute approximate surface area is 200 Å². The largest absolute Gasteiger partial charge is 0.385 e. The molecule has 6 rings (SSSR count). The normalized spacial score (nSPS) is 37.2. The first-order valence-corrected chi connectivity index (χ1v) is 11.5. The Morgan fingerprint density at radius 1 is 1.03 bits per heavy atom. The number of halogens is 1. The number of rotatable bonds is 2. The smallest absolute Gasteiger partial charge is 0.184 e. The standard InChI is InChI=1S/C23H25ClN4O6/c1-22(2)33-15-17(34-22)23(3,29)16-13(9-30-21(32-16)12-7-5-4-6-8-12)31-20(15)28-11-27-14-18(24)25-10-26-19(14)28/h4-8,10-11,13,15-17,20-21,29H,9H2,1-3H3/t13-,15-,16-,17+,20-,21?,23+/m1/s1. The molecule has 3 saturated heterocycles. The summed E-state index contributed by atoms with van der Waals surface area (Å²) in [5.74, 6) is -0.958. The molecule has 180 valence electrons. The van der Waals surface area contributed by atoms with Gasteiger partial charge in [0.1, 0.15) is 41.9 Å². The molecule has 3 aliphatic rings. The van der Waals surface area contributed by atoms with Gasteiger partial charge in [0.05, 0.1) is 12.9 Å². The fraction of sp³-hybridized carbons (Fsp3) is 0.522. The van der Waals surface area contributed by atoms with E-state index in [9.17, 15) is 5.11 Å². The van der Waals surface area contributed by atoms with Crippen LogP contribution in [0, 0.1) is 0 Å². The van der Waals surface area contributed by atoms with Crippen LogP contribution >= 0.6 is 11.6 Å². The summed E-state index contributed by atoms with van der Waals surface area (Å²) in [5.41, 5.74) is 0.313. The van der Waals surface area contributed by atoms with E-state index >= 15 is 0 Å². The third-order valence-corrected chi connectivity index (χ3v) is 6.83. The van der Waals surface area contributed by atoms with Gasteiger partial charge in [0.15, 0.2) is 29.1 Å². The number of ether oxygens (including phenoxy) is 5. The summed E-state index contributed by atoms with van der Waals surface area (Å²) in [6, 6.07) is 9.59. The van der Waals surface area contributed by atoms with Crippen molar-refractivity contribution in [3.63, 3.8) is 0 Å². The fourth-order valence-electron chi connectivity index (χ4n) is 5.04. The van der Waals surface area contributed by atoms with Gasteiger partial charge in [-0.05, 0) is 20.8 Å². The lowest BCUT2D eigenvalue weighted by molar-refractivity contribution is -0.315. The highest BCUT2D eigenvalue weighted by molar-refractivity contribution is 6.33. The van der Waals surface area contributed by atoms with Crippen molar-refractivity contribution in [2.45, 2.75) is 69.1 Å². The van der Waals surface area contributed by atoms with Crippen LogP contribution in [0.2, 0.25) is 5.15 Å². The Morgan fingerprint density at radius 2 is 1.82 bits per heavy atom. The number of fused-ring (bicyclic) bond motifs is 3. The molecule has 2 aromatic heterocycles. The van der Waals surface area contributed by atoms with Gasteiger partial charge in [-0.3, -0.25) is 4.57 Å². The number of hydrogen-bond donors (Lipinski definition) is 1. The number of imidazole rings is 1. The fourth-order valence-corrected chi connectivity index (χ4v) is 5.22. The predicted octanol–water partition coefficient (Wildman–Crippen LogP) is 2.76. The van der Waals surface area contributed by atoms with Crippen LogP contribution in [0.3, 0.4) is 0 Å². The second-order valence-corrected chi connectivity index (χ2v) is 9.79. The van der Waals surface area contributed by atoms with Crippen LogP contribution in [-0.4, -0.2) is 67.0 Å². The minimum absolute atomic E-state index is 0.197. The molecule has 3 aromatic rings. The summed E-state index contributed by atoms with van der Waals surface area (Å²) in [4.78, 5) is 12.7.